The van der Waals surface area contributed by atoms with E-state index in [1.54, 1.807) is 6.08 Å². The molecule has 1 fully saturated rings. The summed E-state index contributed by atoms with van der Waals surface area (Å²) in [4.78, 5) is 0. The SMILES string of the molecule is CC(=Cc1c(C)c(C)c(-c2c(C)c(C)c(C)c(C)c2C)c(C)c1C)C1CCC(C/C=C/F)CC1. The van der Waals surface area contributed by atoms with Crippen LogP contribution in [0, 0.1) is 74.1 Å². The second-order valence-electron chi connectivity index (χ2n) is 11.0. The van der Waals surface area contributed by atoms with Crippen LogP contribution in [0.25, 0.3) is 17.2 Å². The summed E-state index contributed by atoms with van der Waals surface area (Å²) in [5.41, 5.74) is 18.6. The van der Waals surface area contributed by atoms with E-state index in [1.165, 1.54) is 98.0 Å². The highest BCUT2D eigenvalue weighted by molar-refractivity contribution is 5.83. The van der Waals surface area contributed by atoms with Crippen LogP contribution in [-0.2, 0) is 0 Å². The zero-order valence-corrected chi connectivity index (χ0v) is 23.3. The van der Waals surface area contributed by atoms with Crippen LogP contribution in [0.1, 0.15) is 94.7 Å². The van der Waals surface area contributed by atoms with E-state index in [4.69, 9.17) is 0 Å². The summed E-state index contributed by atoms with van der Waals surface area (Å²) in [7, 11) is 0. The summed E-state index contributed by atoms with van der Waals surface area (Å²) < 4.78 is 12.4. The van der Waals surface area contributed by atoms with Crippen LogP contribution in [-0.4, -0.2) is 0 Å². The Kier molecular flexibility index (Phi) is 8.27. The van der Waals surface area contributed by atoms with Crippen molar-refractivity contribution in [3.8, 4) is 11.1 Å². The monoisotopic (exact) mass is 460 g/mol. The van der Waals surface area contributed by atoms with Gasteiger partial charge in [0.2, 0.25) is 0 Å². The molecule has 0 aliphatic heterocycles. The van der Waals surface area contributed by atoms with E-state index in [2.05, 4.69) is 75.3 Å². The van der Waals surface area contributed by atoms with Gasteiger partial charge in [-0.05, 0) is 180 Å². The highest BCUT2D eigenvalue weighted by Gasteiger charge is 2.24. The van der Waals surface area contributed by atoms with Crippen LogP contribution in [0.2, 0.25) is 0 Å². The molecule has 0 amide bonds. The first-order valence-corrected chi connectivity index (χ1v) is 13.1. The van der Waals surface area contributed by atoms with E-state index in [0.29, 0.717) is 18.2 Å². The molecule has 0 unspecified atom stereocenters. The molecule has 34 heavy (non-hydrogen) atoms. The van der Waals surface area contributed by atoms with Gasteiger partial charge in [-0.15, -0.1) is 0 Å². The Morgan fingerprint density at radius 2 is 1.06 bits per heavy atom. The molecule has 2 aromatic carbocycles. The van der Waals surface area contributed by atoms with Crippen molar-refractivity contribution in [2.24, 2.45) is 11.8 Å². The van der Waals surface area contributed by atoms with Crippen molar-refractivity contribution in [2.75, 3.05) is 0 Å². The van der Waals surface area contributed by atoms with Crippen LogP contribution in [0.4, 0.5) is 4.39 Å². The molecule has 1 saturated carbocycles. The predicted octanol–water partition coefficient (Wildman–Crippen LogP) is 10.2. The summed E-state index contributed by atoms with van der Waals surface area (Å²) >= 11 is 0. The Labute approximate surface area is 208 Å². The number of rotatable bonds is 5. The van der Waals surface area contributed by atoms with Gasteiger partial charge in [0, 0.05) is 0 Å². The summed E-state index contributed by atoms with van der Waals surface area (Å²) in [5, 5.41) is 0. The molecule has 0 bridgehead atoms. The maximum absolute atomic E-state index is 12.4. The first-order valence-electron chi connectivity index (χ1n) is 13.1. The van der Waals surface area contributed by atoms with Crippen molar-refractivity contribution in [2.45, 2.75) is 101 Å². The molecule has 1 heteroatoms. The molecule has 184 valence electrons. The summed E-state index contributed by atoms with van der Waals surface area (Å²) in [6, 6.07) is 0. The van der Waals surface area contributed by atoms with E-state index in [1.807, 2.05) is 0 Å². The van der Waals surface area contributed by atoms with E-state index in [9.17, 15) is 4.39 Å². The van der Waals surface area contributed by atoms with Crippen LogP contribution in [0.15, 0.2) is 18.0 Å². The number of halogens is 1. The fourth-order valence-corrected chi connectivity index (χ4v) is 6.25. The maximum Gasteiger partial charge on any atom is 0.0827 e. The first-order chi connectivity index (χ1) is 16.0. The second-order valence-corrected chi connectivity index (χ2v) is 11.0. The maximum atomic E-state index is 12.4. The van der Waals surface area contributed by atoms with Crippen LogP contribution < -0.4 is 0 Å². The molecule has 0 nitrogen and oxygen atoms in total. The Bertz CT molecular complexity index is 1080. The zero-order valence-electron chi connectivity index (χ0n) is 23.3. The van der Waals surface area contributed by atoms with Crippen molar-refractivity contribution in [3.63, 3.8) is 0 Å². The molecule has 0 atom stereocenters. The third-order valence-corrected chi connectivity index (χ3v) is 9.35. The lowest BCUT2D eigenvalue weighted by Crippen LogP contribution is -2.15. The Morgan fingerprint density at radius 3 is 1.50 bits per heavy atom. The zero-order chi connectivity index (χ0) is 25.3. The van der Waals surface area contributed by atoms with E-state index < -0.39 is 0 Å². The second kappa shape index (κ2) is 10.6. The highest BCUT2D eigenvalue weighted by Crippen LogP contribution is 2.42. The summed E-state index contributed by atoms with van der Waals surface area (Å²) in [6.07, 6.45) is 10.6. The molecular weight excluding hydrogens is 415 g/mol. The van der Waals surface area contributed by atoms with E-state index >= 15 is 0 Å². The van der Waals surface area contributed by atoms with Gasteiger partial charge in [-0.1, -0.05) is 17.7 Å². The lowest BCUT2D eigenvalue weighted by molar-refractivity contribution is 0.303. The normalized spacial score (nSPS) is 19.3. The average molecular weight is 461 g/mol. The van der Waals surface area contributed by atoms with Crippen molar-refractivity contribution < 1.29 is 4.39 Å². The van der Waals surface area contributed by atoms with Crippen molar-refractivity contribution in [3.05, 3.63) is 73.6 Å². The first kappa shape index (κ1) is 26.5. The molecule has 0 saturated heterocycles. The van der Waals surface area contributed by atoms with E-state index in [0.717, 1.165) is 6.42 Å². The molecule has 0 N–H and O–H groups in total. The Morgan fingerprint density at radius 1 is 0.647 bits per heavy atom. The van der Waals surface area contributed by atoms with Gasteiger partial charge in [0.05, 0.1) is 6.33 Å². The Balaban J connectivity index is 2.04. The van der Waals surface area contributed by atoms with Crippen molar-refractivity contribution >= 4 is 6.08 Å². The smallest absolute Gasteiger partial charge is 0.0827 e. The standard InChI is InChI=1S/C33H45F/c1-19(30-15-13-29(14-16-30)12-11-17-34)18-31-23(5)27(9)33(28(10)24(31)6)32-25(7)21(3)20(2)22(4)26(32)8/h11,17-18,29-30H,12-16H2,1-10H3/b17-11+,19-18?. The third kappa shape index (κ3) is 4.81. The summed E-state index contributed by atoms with van der Waals surface area (Å²) in [5.74, 6) is 1.30. The number of hydrogen-bond donors (Lipinski definition) is 0. The highest BCUT2D eigenvalue weighted by atomic mass is 19.1. The molecule has 1 aliphatic rings. The number of benzene rings is 2. The van der Waals surface area contributed by atoms with Crippen LogP contribution in [0.5, 0.6) is 0 Å². The van der Waals surface area contributed by atoms with Gasteiger partial charge in [-0.25, -0.2) is 4.39 Å². The van der Waals surface area contributed by atoms with Crippen LogP contribution >= 0.6 is 0 Å². The minimum absolute atomic E-state index is 0.649. The van der Waals surface area contributed by atoms with Crippen molar-refractivity contribution in [1.82, 2.24) is 0 Å². The lowest BCUT2D eigenvalue weighted by atomic mass is 9.76. The van der Waals surface area contributed by atoms with Gasteiger partial charge < -0.3 is 0 Å². The molecule has 1 aliphatic carbocycles. The van der Waals surface area contributed by atoms with E-state index in [-0.39, 0.29) is 0 Å². The molecular formula is C33H45F. The third-order valence-electron chi connectivity index (χ3n) is 9.35. The van der Waals surface area contributed by atoms with Crippen molar-refractivity contribution in [1.29, 1.82) is 0 Å². The molecule has 3 rings (SSSR count). The molecule has 0 spiro atoms. The van der Waals surface area contributed by atoms with Gasteiger partial charge in [0.1, 0.15) is 0 Å². The predicted molar refractivity (Wildman–Crippen MR) is 148 cm³/mol. The van der Waals surface area contributed by atoms with Gasteiger partial charge in [0.15, 0.2) is 0 Å². The molecule has 0 heterocycles. The quantitative estimate of drug-likeness (QED) is 0.416. The minimum Gasteiger partial charge on any atom is -0.216 e. The summed E-state index contributed by atoms with van der Waals surface area (Å²) in [6.45, 7) is 23.0. The number of allylic oxidation sites excluding steroid dienone is 2. The minimum atomic E-state index is 0.649. The molecule has 0 radical (unpaired) electrons. The van der Waals surface area contributed by atoms with Crippen LogP contribution in [0.3, 0.4) is 0 Å². The fraction of sp³-hybridized carbons (Fsp3) is 0.515. The number of hydrogen-bond acceptors (Lipinski definition) is 0. The average Bonchev–Trinajstić information content (AvgIpc) is 2.83. The van der Waals surface area contributed by atoms with Gasteiger partial charge >= 0.3 is 0 Å². The largest absolute Gasteiger partial charge is 0.216 e. The van der Waals surface area contributed by atoms with Gasteiger partial charge in [-0.2, -0.15) is 0 Å². The lowest BCUT2D eigenvalue weighted by Gasteiger charge is -2.29. The topological polar surface area (TPSA) is 0 Å². The molecule has 2 aromatic rings. The molecule has 0 aromatic heterocycles. The fourth-order valence-electron chi connectivity index (χ4n) is 6.25. The van der Waals surface area contributed by atoms with Gasteiger partial charge in [0.25, 0.3) is 0 Å². The Hall–Kier alpha value is -2.15. The van der Waals surface area contributed by atoms with Gasteiger partial charge in [-0.3, -0.25) is 0 Å².